The molecule has 0 atom stereocenters. The summed E-state index contributed by atoms with van der Waals surface area (Å²) in [6, 6.07) is 13.6. The second-order valence-electron chi connectivity index (χ2n) is 6.24. The second-order valence-corrected chi connectivity index (χ2v) is 7.35. The van der Waals surface area contributed by atoms with Crippen LogP contribution in [0.25, 0.3) is 0 Å². The molecule has 3 rings (SSSR count). The molecule has 0 radical (unpaired) electrons. The van der Waals surface area contributed by atoms with Gasteiger partial charge in [-0.1, -0.05) is 24.3 Å². The molecular weight excluding hydrogens is 351 g/mol. The summed E-state index contributed by atoms with van der Waals surface area (Å²) in [5.41, 5.74) is 1.82. The fourth-order valence-electron chi connectivity index (χ4n) is 2.46. The topological polar surface area (TPSA) is 58.2 Å². The van der Waals surface area contributed by atoms with Crippen LogP contribution in [-0.4, -0.2) is 24.1 Å². The Hall–Kier alpha value is -2.34. The Kier molecular flexibility index (Phi) is 6.28. The van der Waals surface area contributed by atoms with Crippen LogP contribution in [0.4, 0.5) is 10.1 Å². The summed E-state index contributed by atoms with van der Waals surface area (Å²) in [5, 5.41) is 5.69. The van der Waals surface area contributed by atoms with E-state index in [-0.39, 0.29) is 23.5 Å². The van der Waals surface area contributed by atoms with Crippen LogP contribution >= 0.6 is 11.8 Å². The second kappa shape index (κ2) is 8.85. The van der Waals surface area contributed by atoms with E-state index in [1.54, 1.807) is 48.2 Å². The lowest BCUT2D eigenvalue weighted by atomic mass is 10.2. The summed E-state index contributed by atoms with van der Waals surface area (Å²) in [7, 11) is 0. The van der Waals surface area contributed by atoms with Crippen molar-refractivity contribution in [1.82, 2.24) is 5.32 Å². The van der Waals surface area contributed by atoms with Gasteiger partial charge < -0.3 is 10.6 Å². The lowest BCUT2D eigenvalue weighted by molar-refractivity contribution is -0.117. The largest absolute Gasteiger partial charge is 0.351 e. The molecular formula is C20H21FN2O2S. The maximum absolute atomic E-state index is 13.5. The van der Waals surface area contributed by atoms with Crippen LogP contribution in [0.3, 0.4) is 0 Å². The average Bonchev–Trinajstić information content (AvgIpc) is 3.48. The number of amides is 2. The molecule has 1 aliphatic carbocycles. The van der Waals surface area contributed by atoms with Crippen LogP contribution in [-0.2, 0) is 10.5 Å². The predicted molar refractivity (Wildman–Crippen MR) is 103 cm³/mol. The van der Waals surface area contributed by atoms with Crippen LogP contribution in [0.2, 0.25) is 0 Å². The molecule has 6 heteroatoms. The Morgan fingerprint density at radius 3 is 2.69 bits per heavy atom. The molecule has 1 saturated carbocycles. The molecule has 0 saturated heterocycles. The van der Waals surface area contributed by atoms with E-state index in [0.29, 0.717) is 34.9 Å². The van der Waals surface area contributed by atoms with Crippen molar-refractivity contribution in [1.29, 1.82) is 0 Å². The fourth-order valence-corrected chi connectivity index (χ4v) is 3.31. The first-order valence-electron chi connectivity index (χ1n) is 8.64. The minimum absolute atomic E-state index is 0.0205. The van der Waals surface area contributed by atoms with E-state index in [0.717, 1.165) is 12.8 Å². The van der Waals surface area contributed by atoms with E-state index in [4.69, 9.17) is 0 Å². The molecule has 2 aromatic carbocycles. The van der Waals surface area contributed by atoms with E-state index in [2.05, 4.69) is 10.6 Å². The molecule has 1 fully saturated rings. The average molecular weight is 372 g/mol. The molecule has 2 amide bonds. The minimum Gasteiger partial charge on any atom is -0.351 e. The zero-order valence-corrected chi connectivity index (χ0v) is 15.2. The van der Waals surface area contributed by atoms with Crippen molar-refractivity contribution in [3.63, 3.8) is 0 Å². The van der Waals surface area contributed by atoms with Gasteiger partial charge in [0.15, 0.2) is 0 Å². The highest BCUT2D eigenvalue weighted by atomic mass is 32.2. The first-order valence-corrected chi connectivity index (χ1v) is 9.79. The van der Waals surface area contributed by atoms with Gasteiger partial charge in [0.25, 0.3) is 5.91 Å². The summed E-state index contributed by atoms with van der Waals surface area (Å²) in [6.07, 6.45) is 1.88. The Bertz CT molecular complexity index is 793. The summed E-state index contributed by atoms with van der Waals surface area (Å²) in [4.78, 5) is 24.0. The van der Waals surface area contributed by atoms with E-state index in [1.807, 2.05) is 6.07 Å². The van der Waals surface area contributed by atoms with Crippen molar-refractivity contribution >= 4 is 29.3 Å². The molecule has 0 aromatic heterocycles. The van der Waals surface area contributed by atoms with Gasteiger partial charge in [0.1, 0.15) is 5.82 Å². The zero-order valence-electron chi connectivity index (χ0n) is 14.3. The van der Waals surface area contributed by atoms with E-state index >= 15 is 0 Å². The van der Waals surface area contributed by atoms with Crippen molar-refractivity contribution in [2.75, 3.05) is 17.6 Å². The van der Waals surface area contributed by atoms with Crippen LogP contribution in [0, 0.1) is 11.7 Å². The summed E-state index contributed by atoms with van der Waals surface area (Å²) in [5.74, 6) is 1.03. The molecule has 0 unspecified atom stereocenters. The monoisotopic (exact) mass is 372 g/mol. The van der Waals surface area contributed by atoms with E-state index in [9.17, 15) is 14.0 Å². The number of hydrogen-bond donors (Lipinski definition) is 2. The molecule has 4 nitrogen and oxygen atoms in total. The number of thioether (sulfide) groups is 1. The van der Waals surface area contributed by atoms with Crippen molar-refractivity contribution < 1.29 is 14.0 Å². The molecule has 2 N–H and O–H groups in total. The normalized spacial score (nSPS) is 13.3. The summed E-state index contributed by atoms with van der Waals surface area (Å²) < 4.78 is 13.5. The van der Waals surface area contributed by atoms with Gasteiger partial charge in [-0.3, -0.25) is 9.59 Å². The highest BCUT2D eigenvalue weighted by Crippen LogP contribution is 2.30. The summed E-state index contributed by atoms with van der Waals surface area (Å²) >= 11 is 1.57. The zero-order chi connectivity index (χ0) is 18.4. The summed E-state index contributed by atoms with van der Waals surface area (Å²) in [6.45, 7) is 0.497. The lowest BCUT2D eigenvalue weighted by Gasteiger charge is -2.08. The van der Waals surface area contributed by atoms with Crippen molar-refractivity contribution in [2.45, 2.75) is 18.6 Å². The standard InChI is InChI=1S/C20H21FN2O2S/c21-18-7-2-1-4-16(18)13-26-11-10-22-19(24)15-5-3-6-17(12-15)23-20(25)14-8-9-14/h1-7,12,14H,8-11,13H2,(H,22,24)(H,23,25). The van der Waals surface area contributed by atoms with Crippen molar-refractivity contribution in [3.05, 3.63) is 65.5 Å². The van der Waals surface area contributed by atoms with Gasteiger partial charge in [0.2, 0.25) is 5.91 Å². The van der Waals surface area contributed by atoms with Gasteiger partial charge in [-0.2, -0.15) is 11.8 Å². The number of carbonyl (C=O) groups is 2. The molecule has 1 aliphatic rings. The highest BCUT2D eigenvalue weighted by Gasteiger charge is 2.29. The van der Waals surface area contributed by atoms with Crippen molar-refractivity contribution in [2.24, 2.45) is 5.92 Å². The molecule has 0 heterocycles. The van der Waals surface area contributed by atoms with Gasteiger partial charge in [-0.15, -0.1) is 0 Å². The van der Waals surface area contributed by atoms with Gasteiger partial charge >= 0.3 is 0 Å². The number of carbonyl (C=O) groups excluding carboxylic acids is 2. The first kappa shape index (κ1) is 18.5. The van der Waals surface area contributed by atoms with E-state index in [1.165, 1.54) is 6.07 Å². The fraction of sp³-hybridized carbons (Fsp3) is 0.300. The number of rotatable bonds is 8. The van der Waals surface area contributed by atoms with Crippen LogP contribution in [0.15, 0.2) is 48.5 Å². The SMILES string of the molecule is O=C(NCCSCc1ccccc1F)c1cccc(NC(=O)C2CC2)c1. The smallest absolute Gasteiger partial charge is 0.251 e. The molecule has 0 spiro atoms. The lowest BCUT2D eigenvalue weighted by Crippen LogP contribution is -2.26. The minimum atomic E-state index is -0.200. The molecule has 136 valence electrons. The van der Waals surface area contributed by atoms with Crippen LogP contribution in [0.1, 0.15) is 28.8 Å². The predicted octanol–water partition coefficient (Wildman–Crippen LogP) is 3.84. The van der Waals surface area contributed by atoms with E-state index < -0.39 is 0 Å². The Morgan fingerprint density at radius 2 is 1.92 bits per heavy atom. The molecule has 26 heavy (non-hydrogen) atoms. The number of benzene rings is 2. The number of hydrogen-bond acceptors (Lipinski definition) is 3. The Labute approximate surface area is 156 Å². The van der Waals surface area contributed by atoms with Crippen LogP contribution < -0.4 is 10.6 Å². The number of halogens is 1. The third-order valence-electron chi connectivity index (χ3n) is 4.09. The third kappa shape index (κ3) is 5.33. The Balaban J connectivity index is 1.41. The number of nitrogens with one attached hydrogen (secondary N) is 2. The highest BCUT2D eigenvalue weighted by molar-refractivity contribution is 7.98. The van der Waals surface area contributed by atoms with Gasteiger partial charge in [0.05, 0.1) is 0 Å². The molecule has 2 aromatic rings. The van der Waals surface area contributed by atoms with Crippen molar-refractivity contribution in [3.8, 4) is 0 Å². The van der Waals surface area contributed by atoms with Gasteiger partial charge in [0, 0.05) is 35.2 Å². The molecule has 0 bridgehead atoms. The van der Waals surface area contributed by atoms with Gasteiger partial charge in [-0.25, -0.2) is 4.39 Å². The Morgan fingerprint density at radius 1 is 1.12 bits per heavy atom. The van der Waals surface area contributed by atoms with Gasteiger partial charge in [-0.05, 0) is 42.7 Å². The van der Waals surface area contributed by atoms with Crippen LogP contribution in [0.5, 0.6) is 0 Å². The number of anilines is 1. The maximum Gasteiger partial charge on any atom is 0.251 e. The maximum atomic E-state index is 13.5. The third-order valence-corrected chi connectivity index (χ3v) is 5.10. The first-order chi connectivity index (χ1) is 12.6. The molecule has 0 aliphatic heterocycles. The quantitative estimate of drug-likeness (QED) is 0.692.